The lowest BCUT2D eigenvalue weighted by Gasteiger charge is -2.35. The van der Waals surface area contributed by atoms with E-state index in [2.05, 4.69) is 49.2 Å². The van der Waals surface area contributed by atoms with Crippen molar-refractivity contribution in [2.24, 2.45) is 5.73 Å². The molecule has 358 valence electrons. The summed E-state index contributed by atoms with van der Waals surface area (Å²) in [7, 11) is -0.168. The molecule has 4 unspecified atom stereocenters. The highest BCUT2D eigenvalue weighted by molar-refractivity contribution is 7.84. The number of phenols is 1. The fourth-order valence-corrected chi connectivity index (χ4v) is 7.66. The third-order valence-electron chi connectivity index (χ3n) is 10.7. The predicted molar refractivity (Wildman–Crippen MR) is 249 cm³/mol. The van der Waals surface area contributed by atoms with Gasteiger partial charge in [-0.1, -0.05) is 30.3 Å². The number of thiol groups is 1. The Kier molecular flexibility index (Phi) is 17.7. The number of carbonyl (C=O) groups is 6. The third kappa shape index (κ3) is 13.9. The summed E-state index contributed by atoms with van der Waals surface area (Å²) in [4.78, 5) is 112. The monoisotopic (exact) mass is 964 g/mol. The van der Waals surface area contributed by atoms with Crippen molar-refractivity contribution in [2.75, 3.05) is 24.8 Å². The molecule has 24 heteroatoms. The van der Waals surface area contributed by atoms with Crippen molar-refractivity contribution >= 4 is 70.0 Å². The second-order valence-corrected chi connectivity index (χ2v) is 17.5. The van der Waals surface area contributed by atoms with Crippen molar-refractivity contribution in [3.63, 3.8) is 0 Å². The fraction of sp³-hybridized carbons (Fsp3) is 0.349. The maximum atomic E-state index is 14.3. The molecular weight excluding hydrogens is 913 g/mol. The molecule has 0 saturated carbocycles. The predicted octanol–water partition coefficient (Wildman–Crippen LogP) is -0.785. The van der Waals surface area contributed by atoms with E-state index in [-0.39, 0.29) is 42.3 Å². The number of aliphatic carboxylic acids is 1. The van der Waals surface area contributed by atoms with E-state index in [0.29, 0.717) is 11.1 Å². The van der Waals surface area contributed by atoms with Crippen molar-refractivity contribution < 1.29 is 47.9 Å². The molecule has 1 aliphatic heterocycles. The first-order chi connectivity index (χ1) is 31.8. The number of likely N-dealkylation sites (N-methyl/N-ethyl adjacent to an activating group) is 1. The molecule has 0 fully saturated rings. The Labute approximate surface area is 390 Å². The van der Waals surface area contributed by atoms with Gasteiger partial charge in [0.2, 0.25) is 23.6 Å². The van der Waals surface area contributed by atoms with Crippen LogP contribution in [0.5, 0.6) is 5.75 Å². The average Bonchev–Trinajstić information content (AvgIpc) is 3.94. The number of carboxylic acid groups (broad SMARTS) is 1. The van der Waals surface area contributed by atoms with Crippen LogP contribution >= 0.6 is 12.6 Å². The van der Waals surface area contributed by atoms with Crippen molar-refractivity contribution in [3.8, 4) is 5.75 Å². The number of hydrogen-bond acceptors (Lipinski definition) is 13. The van der Waals surface area contributed by atoms with Crippen molar-refractivity contribution in [3.05, 3.63) is 123 Å². The largest absolute Gasteiger partial charge is 0.508 e. The number of hydrogen-bond donors (Lipinski definition) is 11. The number of fused-ring (bicyclic) bond motifs is 1. The Bertz CT molecular complexity index is 2680. The van der Waals surface area contributed by atoms with Gasteiger partial charge >= 0.3 is 17.7 Å². The van der Waals surface area contributed by atoms with Gasteiger partial charge in [-0.25, -0.2) is 14.4 Å². The molecule has 5 rings (SSSR count). The van der Waals surface area contributed by atoms with E-state index in [1.165, 1.54) is 50.7 Å². The molecule has 6 amide bonds. The van der Waals surface area contributed by atoms with Crippen LogP contribution in [0.25, 0.3) is 10.9 Å². The number of carbonyl (C=O) groups excluding carboxylic acids is 5. The number of H-pyrrole nitrogens is 2. The van der Waals surface area contributed by atoms with Crippen LogP contribution < -0.4 is 43.6 Å². The Morgan fingerprint density at radius 1 is 0.970 bits per heavy atom. The summed E-state index contributed by atoms with van der Waals surface area (Å²) < 4.78 is 19.1. The number of rotatable bonds is 21. The highest BCUT2D eigenvalue weighted by Crippen LogP contribution is 2.22. The first-order valence-electron chi connectivity index (χ1n) is 20.7. The van der Waals surface area contributed by atoms with Crippen LogP contribution in [-0.2, 0) is 52.4 Å². The van der Waals surface area contributed by atoms with Crippen LogP contribution in [0.4, 0.5) is 4.79 Å². The van der Waals surface area contributed by atoms with Gasteiger partial charge < -0.3 is 57.2 Å². The SMILES string of the molecule is C[C@@H](C(NC(=O)C(CCS(C)=O)NC(=O)NC(Cc1c[nH]c2ccccc12)C(=O)O)C(=O)N/C=C1/C=C[C@H](n2ccc(=O)[nH]c2=O)O1)N(C)C(=O)[C@H](Cc1cccc(O)c1)NC(=O)[C@H](N)CS. The molecule has 0 radical (unpaired) electrons. The summed E-state index contributed by atoms with van der Waals surface area (Å²) in [6.07, 6.45) is 6.69. The number of carboxylic acids is 1. The van der Waals surface area contributed by atoms with Gasteiger partial charge in [0, 0.05) is 84.0 Å². The summed E-state index contributed by atoms with van der Waals surface area (Å²) >= 11 is 4.08. The molecular formula is C43H52N10O12S2. The van der Waals surface area contributed by atoms with Gasteiger partial charge in [-0.15, -0.1) is 0 Å². The number of aromatic hydroxyl groups is 1. The minimum Gasteiger partial charge on any atom is -0.508 e. The number of ether oxygens (including phenoxy) is 1. The number of amides is 6. The van der Waals surface area contributed by atoms with E-state index < -0.39 is 100 Å². The molecule has 2 aromatic heterocycles. The van der Waals surface area contributed by atoms with E-state index in [0.717, 1.165) is 32.6 Å². The normalized spacial score (nSPS) is 16.9. The lowest BCUT2D eigenvalue weighted by molar-refractivity contribution is -0.140. The number of nitrogens with one attached hydrogen (secondary N) is 7. The minimum absolute atomic E-state index is 0.0373. The third-order valence-corrected chi connectivity index (χ3v) is 11.9. The summed E-state index contributed by atoms with van der Waals surface area (Å²) in [5.41, 5.74) is 6.32. The number of nitrogens with two attached hydrogens (primary N) is 1. The summed E-state index contributed by atoms with van der Waals surface area (Å²) in [5.74, 6) is -4.98. The van der Waals surface area contributed by atoms with Crippen LogP contribution in [0.15, 0.2) is 101 Å². The second-order valence-electron chi connectivity index (χ2n) is 15.5. The number of phenolic OH excluding ortho intramolecular Hbond substituents is 1. The van der Waals surface area contributed by atoms with Crippen LogP contribution in [-0.4, -0.2) is 131 Å². The number of benzene rings is 2. The quantitative estimate of drug-likeness (QED) is 0.0457. The first-order valence-corrected chi connectivity index (χ1v) is 23.0. The van der Waals surface area contributed by atoms with E-state index in [4.69, 9.17) is 10.5 Å². The number of para-hydroxylation sites is 1. The highest BCUT2D eigenvalue weighted by atomic mass is 32.2. The summed E-state index contributed by atoms with van der Waals surface area (Å²) in [6.45, 7) is 1.42. The summed E-state index contributed by atoms with van der Waals surface area (Å²) in [6, 6.07) is 4.90. The first kappa shape index (κ1) is 50.8. The molecule has 0 spiro atoms. The molecule has 2 aromatic carbocycles. The van der Waals surface area contributed by atoms with E-state index >= 15 is 0 Å². The molecule has 11 N–H and O–H groups in total. The summed E-state index contributed by atoms with van der Waals surface area (Å²) in [5, 5.41) is 33.4. The Morgan fingerprint density at radius 2 is 1.70 bits per heavy atom. The molecule has 0 aliphatic carbocycles. The Balaban J connectivity index is 1.41. The zero-order valence-corrected chi connectivity index (χ0v) is 38.2. The average molecular weight is 965 g/mol. The van der Waals surface area contributed by atoms with Gasteiger partial charge in [0.05, 0.1) is 12.1 Å². The number of urea groups is 1. The molecule has 8 atom stereocenters. The van der Waals surface area contributed by atoms with Crippen molar-refractivity contribution in [1.82, 2.24) is 46.0 Å². The lowest BCUT2D eigenvalue weighted by Crippen LogP contribution is -2.63. The van der Waals surface area contributed by atoms with Gasteiger partial charge in [0.1, 0.15) is 35.7 Å². The van der Waals surface area contributed by atoms with E-state index in [9.17, 15) is 52.8 Å². The fourth-order valence-electron chi connectivity index (χ4n) is 6.93. The smallest absolute Gasteiger partial charge is 0.331 e. The van der Waals surface area contributed by atoms with Crippen LogP contribution in [0.2, 0.25) is 0 Å². The van der Waals surface area contributed by atoms with E-state index in [1.807, 2.05) is 0 Å². The maximum Gasteiger partial charge on any atom is 0.331 e. The number of nitrogens with zero attached hydrogens (tertiary/aromatic N) is 2. The molecule has 0 saturated heterocycles. The standard InChI is InChI=1S/C43H52N10O12S2/c1-23(52(2)40(59)32(47-37(56)29(44)22-66)18-24-7-6-8-26(54)17-24)36(39(58)46-21-27-11-12-35(65-27)53-15-13-34(55)50-43(53)63)51-38(57)31(14-16-67(3)64)48-42(62)49-33(41(60)61)19-25-20-45-30-10-5-4-9-28(25)30/h4-13,15,17,20-21,23,29,31-33,35-36,45,54,66H,14,16,18-19,22,44H2,1-3H3,(H,46,58)(H,47,56)(H,51,57)(H,60,61)(H2,48,49,62)(H,50,55,63)/b27-21-/t23-,29+,31?,32-,33?,35+,36?,67?/m0/s1. The van der Waals surface area contributed by atoms with Crippen molar-refractivity contribution in [2.45, 2.75) is 68.7 Å². The lowest BCUT2D eigenvalue weighted by atomic mass is 10.0. The van der Waals surface area contributed by atoms with Gasteiger partial charge in [-0.05, 0) is 54.8 Å². The van der Waals surface area contributed by atoms with Gasteiger partial charge in [-0.3, -0.25) is 37.7 Å². The molecule has 22 nitrogen and oxygen atoms in total. The van der Waals surface area contributed by atoms with Crippen molar-refractivity contribution in [1.29, 1.82) is 0 Å². The molecule has 67 heavy (non-hydrogen) atoms. The van der Waals surface area contributed by atoms with Crippen LogP contribution in [0, 0.1) is 0 Å². The van der Waals surface area contributed by atoms with Gasteiger partial charge in [-0.2, -0.15) is 12.6 Å². The zero-order chi connectivity index (χ0) is 48.9. The number of aromatic amines is 2. The highest BCUT2D eigenvalue weighted by Gasteiger charge is 2.37. The molecule has 0 bridgehead atoms. The zero-order valence-electron chi connectivity index (χ0n) is 36.5. The van der Waals surface area contributed by atoms with Crippen LogP contribution in [0.1, 0.15) is 30.7 Å². The Morgan fingerprint density at radius 3 is 2.39 bits per heavy atom. The maximum absolute atomic E-state index is 14.3. The molecule has 4 aromatic rings. The van der Waals surface area contributed by atoms with Crippen LogP contribution in [0.3, 0.4) is 0 Å². The van der Waals surface area contributed by atoms with Gasteiger partial charge in [0.15, 0.2) is 6.23 Å². The Hall–Kier alpha value is -7.18. The number of allylic oxidation sites excluding steroid dienone is 1. The van der Waals surface area contributed by atoms with E-state index in [1.54, 1.807) is 42.6 Å². The molecule has 1 aliphatic rings. The molecule has 3 heterocycles. The minimum atomic E-state index is -1.65. The van der Waals surface area contributed by atoms with Gasteiger partial charge in [0.25, 0.3) is 5.56 Å². The topological polar surface area (TPSA) is 329 Å². The number of aromatic nitrogens is 3. The second kappa shape index (κ2) is 23.3.